The molecule has 0 saturated carbocycles. The van der Waals surface area contributed by atoms with Crippen LogP contribution >= 0.6 is 0 Å². The predicted molar refractivity (Wildman–Crippen MR) is 108 cm³/mol. The first-order valence-electron chi connectivity index (χ1n) is 9.75. The van der Waals surface area contributed by atoms with Crippen molar-refractivity contribution in [1.82, 2.24) is 20.4 Å². The van der Waals surface area contributed by atoms with Crippen LogP contribution in [0.15, 0.2) is 0 Å². The highest BCUT2D eigenvalue weighted by Gasteiger charge is 2.23. The van der Waals surface area contributed by atoms with Gasteiger partial charge in [-0.2, -0.15) is 0 Å². The molecule has 1 saturated heterocycles. The maximum atomic E-state index is 8.31. The number of nitrogens with zero attached hydrogens (tertiary/aromatic N) is 2. The van der Waals surface area contributed by atoms with Crippen LogP contribution < -0.4 is 22.1 Å². The molecule has 0 unspecified atom stereocenters. The minimum atomic E-state index is 0.0448. The third kappa shape index (κ3) is 9.95. The van der Waals surface area contributed by atoms with E-state index in [1.165, 1.54) is 0 Å². The molecule has 0 radical (unpaired) electrons. The van der Waals surface area contributed by atoms with Gasteiger partial charge >= 0.3 is 0 Å². The van der Waals surface area contributed by atoms with Gasteiger partial charge in [-0.15, -0.1) is 0 Å². The Morgan fingerprint density at radius 3 is 1.50 bits per heavy atom. The van der Waals surface area contributed by atoms with Gasteiger partial charge in [-0.05, 0) is 25.7 Å². The average Bonchev–Trinajstić information content (AvgIpc) is 2.93. The van der Waals surface area contributed by atoms with Crippen molar-refractivity contribution >= 4 is 17.9 Å². The zero-order valence-corrected chi connectivity index (χ0v) is 15.9. The fraction of sp³-hybridized carbons (Fsp3) is 0.824. The fourth-order valence-corrected chi connectivity index (χ4v) is 3.10. The van der Waals surface area contributed by atoms with E-state index in [0.717, 1.165) is 90.6 Å². The quantitative estimate of drug-likeness (QED) is 0.136. The zero-order valence-electron chi connectivity index (χ0n) is 15.9. The second kappa shape index (κ2) is 13.1. The summed E-state index contributed by atoms with van der Waals surface area (Å²) in [5, 5.41) is 28.1. The third-order valence-corrected chi connectivity index (χ3v) is 4.58. The van der Waals surface area contributed by atoms with Gasteiger partial charge < -0.3 is 31.9 Å². The zero-order chi connectivity index (χ0) is 19.2. The lowest BCUT2D eigenvalue weighted by molar-refractivity contribution is 0.429. The lowest BCUT2D eigenvalue weighted by Gasteiger charge is -2.21. The van der Waals surface area contributed by atoms with E-state index in [1.54, 1.807) is 0 Å². The second-order valence-electron chi connectivity index (χ2n) is 6.81. The number of nitrogens with one attached hydrogen (secondary N) is 5. The number of unbranched alkanes of at least 4 members (excludes halogenated alkanes) is 6. The lowest BCUT2D eigenvalue weighted by Crippen LogP contribution is -2.34. The van der Waals surface area contributed by atoms with Crippen LogP contribution in [0.5, 0.6) is 0 Å². The maximum absolute atomic E-state index is 8.31. The summed E-state index contributed by atoms with van der Waals surface area (Å²) >= 11 is 0. The summed E-state index contributed by atoms with van der Waals surface area (Å²) in [5.74, 6) is 0.771. The summed E-state index contributed by atoms with van der Waals surface area (Å²) in [6.07, 6.45) is 8.84. The van der Waals surface area contributed by atoms with Crippen molar-refractivity contribution in [3.63, 3.8) is 0 Å². The molecule has 9 N–H and O–H groups in total. The molecular weight excluding hydrogens is 330 g/mol. The van der Waals surface area contributed by atoms with Crippen LogP contribution in [-0.4, -0.2) is 66.9 Å². The van der Waals surface area contributed by atoms with Gasteiger partial charge in [0.25, 0.3) is 0 Å². The van der Waals surface area contributed by atoms with Crippen molar-refractivity contribution < 1.29 is 0 Å². The summed E-state index contributed by atoms with van der Waals surface area (Å²) in [5.41, 5.74) is 10.5. The largest absolute Gasteiger partial charge is 0.370 e. The van der Waals surface area contributed by atoms with Gasteiger partial charge in [0.05, 0.1) is 0 Å². The number of hydrogen-bond donors (Lipinski definition) is 7. The van der Waals surface area contributed by atoms with E-state index in [-0.39, 0.29) is 11.9 Å². The molecule has 150 valence electrons. The normalized spacial score (nSPS) is 13.9. The van der Waals surface area contributed by atoms with Crippen LogP contribution in [0.1, 0.15) is 51.4 Å². The molecule has 0 spiro atoms. The summed E-state index contributed by atoms with van der Waals surface area (Å²) in [7, 11) is 0. The molecule has 1 heterocycles. The van der Waals surface area contributed by atoms with E-state index in [0.29, 0.717) is 5.96 Å². The molecule has 0 aromatic carbocycles. The van der Waals surface area contributed by atoms with Crippen molar-refractivity contribution in [3.8, 4) is 0 Å². The molecule has 9 nitrogen and oxygen atoms in total. The summed E-state index contributed by atoms with van der Waals surface area (Å²) in [4.78, 5) is 4.37. The Morgan fingerprint density at radius 1 is 0.731 bits per heavy atom. The van der Waals surface area contributed by atoms with Gasteiger partial charge in [0.2, 0.25) is 0 Å². The first-order chi connectivity index (χ1) is 12.5. The van der Waals surface area contributed by atoms with Crippen molar-refractivity contribution in [1.29, 1.82) is 16.2 Å². The summed E-state index contributed by atoms with van der Waals surface area (Å²) in [6.45, 7) is 5.40. The average molecular weight is 368 g/mol. The Kier molecular flexibility index (Phi) is 11.0. The topological polar surface area (TPSA) is 154 Å². The molecule has 0 bridgehead atoms. The predicted octanol–water partition coefficient (Wildman–Crippen LogP) is 0.626. The van der Waals surface area contributed by atoms with Gasteiger partial charge in [0, 0.05) is 39.3 Å². The van der Waals surface area contributed by atoms with Crippen molar-refractivity contribution in [3.05, 3.63) is 0 Å². The van der Waals surface area contributed by atoms with E-state index in [1.807, 2.05) is 0 Å². The minimum Gasteiger partial charge on any atom is -0.370 e. The Hall–Kier alpha value is -2.19. The van der Waals surface area contributed by atoms with E-state index in [4.69, 9.17) is 27.7 Å². The van der Waals surface area contributed by atoms with Crippen LogP contribution in [-0.2, 0) is 0 Å². The highest BCUT2D eigenvalue weighted by molar-refractivity contribution is 5.78. The highest BCUT2D eigenvalue weighted by atomic mass is 15.4. The van der Waals surface area contributed by atoms with Crippen LogP contribution in [0.4, 0.5) is 0 Å². The van der Waals surface area contributed by atoms with Crippen LogP contribution in [0.3, 0.4) is 0 Å². The smallest absolute Gasteiger partial charge is 0.193 e. The molecule has 0 amide bonds. The highest BCUT2D eigenvalue weighted by Crippen LogP contribution is 2.12. The molecule has 9 heteroatoms. The molecule has 1 aliphatic rings. The van der Waals surface area contributed by atoms with Gasteiger partial charge in [0.1, 0.15) is 0 Å². The Morgan fingerprint density at radius 2 is 1.12 bits per heavy atom. The molecule has 0 aliphatic carbocycles. The van der Waals surface area contributed by atoms with Crippen LogP contribution in [0, 0.1) is 16.2 Å². The first kappa shape index (κ1) is 21.9. The van der Waals surface area contributed by atoms with Crippen molar-refractivity contribution in [2.75, 3.05) is 39.3 Å². The van der Waals surface area contributed by atoms with Gasteiger partial charge in [-0.25, -0.2) is 0 Å². The SMILES string of the molecule is N=C(N)NCCCCCCN1CCN(CCCCCCNC(=N)N)C1=N. The third-order valence-electron chi connectivity index (χ3n) is 4.58. The number of guanidine groups is 3. The van der Waals surface area contributed by atoms with E-state index in [2.05, 4.69) is 20.4 Å². The lowest BCUT2D eigenvalue weighted by atomic mass is 10.2. The fourth-order valence-electron chi connectivity index (χ4n) is 3.10. The molecule has 1 aliphatic heterocycles. The Balaban J connectivity index is 1.99. The Labute approximate surface area is 157 Å². The van der Waals surface area contributed by atoms with Gasteiger partial charge in [-0.3, -0.25) is 16.2 Å². The summed E-state index contributed by atoms with van der Waals surface area (Å²) in [6, 6.07) is 0. The number of hydrogen-bond acceptors (Lipinski definition) is 3. The molecule has 0 aromatic heterocycles. The summed E-state index contributed by atoms with van der Waals surface area (Å²) < 4.78 is 0. The van der Waals surface area contributed by atoms with E-state index < -0.39 is 0 Å². The molecular formula is C17H37N9. The number of rotatable bonds is 14. The standard InChI is InChI=1S/C17H37N9/c18-15(19)23-9-5-1-3-7-11-25-13-14-26(17(25)22)12-8-4-2-6-10-24-16(20)21/h22H,1-14H2,(H4,18,19,23)(H4,20,21,24). The first-order valence-corrected chi connectivity index (χ1v) is 9.75. The molecule has 0 aromatic rings. The van der Waals surface area contributed by atoms with Crippen molar-refractivity contribution in [2.24, 2.45) is 11.5 Å². The number of nitrogens with two attached hydrogens (primary N) is 2. The van der Waals surface area contributed by atoms with Gasteiger partial charge in [-0.1, -0.05) is 25.7 Å². The van der Waals surface area contributed by atoms with Crippen LogP contribution in [0.2, 0.25) is 0 Å². The maximum Gasteiger partial charge on any atom is 0.193 e. The molecule has 26 heavy (non-hydrogen) atoms. The molecule has 0 atom stereocenters. The minimum absolute atomic E-state index is 0.0448. The monoisotopic (exact) mass is 367 g/mol. The van der Waals surface area contributed by atoms with E-state index >= 15 is 0 Å². The molecule has 1 fully saturated rings. The molecule has 1 rings (SSSR count). The van der Waals surface area contributed by atoms with Crippen molar-refractivity contribution in [2.45, 2.75) is 51.4 Å². The van der Waals surface area contributed by atoms with Gasteiger partial charge in [0.15, 0.2) is 17.9 Å². The second-order valence-corrected chi connectivity index (χ2v) is 6.81. The van der Waals surface area contributed by atoms with Crippen LogP contribution in [0.25, 0.3) is 0 Å². The van der Waals surface area contributed by atoms with E-state index in [9.17, 15) is 0 Å². The Bertz CT molecular complexity index is 400.